The lowest BCUT2D eigenvalue weighted by atomic mass is 9.90. The van der Waals surface area contributed by atoms with E-state index < -0.39 is 0 Å². The number of hydrogen-bond donors (Lipinski definition) is 1. The third kappa shape index (κ3) is 3.37. The molecule has 1 amide bonds. The maximum absolute atomic E-state index is 11.9. The first-order valence-electron chi connectivity index (χ1n) is 5.80. The molecule has 1 N–H and O–H groups in total. The molecular formula is C14H21NO. The molecule has 0 heterocycles. The second-order valence-corrected chi connectivity index (χ2v) is 5.02. The molecule has 0 bridgehead atoms. The zero-order valence-corrected chi connectivity index (χ0v) is 10.6. The Hall–Kier alpha value is -1.31. The van der Waals surface area contributed by atoms with Crippen LogP contribution in [0.3, 0.4) is 0 Å². The molecule has 2 heteroatoms. The molecule has 0 radical (unpaired) electrons. The van der Waals surface area contributed by atoms with Crippen molar-refractivity contribution >= 4 is 5.91 Å². The summed E-state index contributed by atoms with van der Waals surface area (Å²) in [5.41, 5.74) is 1.96. The van der Waals surface area contributed by atoms with Crippen LogP contribution in [0, 0.1) is 12.3 Å². The summed E-state index contributed by atoms with van der Waals surface area (Å²) < 4.78 is 0. The van der Waals surface area contributed by atoms with Gasteiger partial charge in [-0.05, 0) is 30.4 Å². The van der Waals surface area contributed by atoms with Crippen LogP contribution in [0.5, 0.6) is 0 Å². The molecule has 16 heavy (non-hydrogen) atoms. The van der Waals surface area contributed by atoms with Gasteiger partial charge in [0.05, 0.1) is 0 Å². The second-order valence-electron chi connectivity index (χ2n) is 5.02. The molecule has 1 rings (SSSR count). The van der Waals surface area contributed by atoms with Crippen molar-refractivity contribution < 1.29 is 4.79 Å². The van der Waals surface area contributed by atoms with Crippen molar-refractivity contribution in [3.63, 3.8) is 0 Å². The maximum Gasteiger partial charge on any atom is 0.251 e. The first-order chi connectivity index (χ1) is 7.46. The molecule has 0 atom stereocenters. The summed E-state index contributed by atoms with van der Waals surface area (Å²) in [5.74, 6) is 0.0274. The number of aryl methyl sites for hydroxylation is 1. The van der Waals surface area contributed by atoms with Crippen LogP contribution in [-0.2, 0) is 0 Å². The van der Waals surface area contributed by atoms with E-state index in [0.717, 1.165) is 24.1 Å². The summed E-state index contributed by atoms with van der Waals surface area (Å²) >= 11 is 0. The lowest BCUT2D eigenvalue weighted by molar-refractivity contribution is 0.0935. The van der Waals surface area contributed by atoms with Gasteiger partial charge in [0.25, 0.3) is 5.91 Å². The highest BCUT2D eigenvalue weighted by atomic mass is 16.1. The van der Waals surface area contributed by atoms with Gasteiger partial charge in [-0.1, -0.05) is 39.0 Å². The number of hydrogen-bond acceptors (Lipinski definition) is 1. The van der Waals surface area contributed by atoms with Gasteiger partial charge in [-0.2, -0.15) is 0 Å². The third-order valence-electron chi connectivity index (χ3n) is 3.07. The van der Waals surface area contributed by atoms with Gasteiger partial charge in [0.2, 0.25) is 0 Å². The van der Waals surface area contributed by atoms with E-state index in [9.17, 15) is 4.79 Å². The quantitative estimate of drug-likeness (QED) is 0.828. The first kappa shape index (κ1) is 12.8. The molecule has 0 aliphatic carbocycles. The van der Waals surface area contributed by atoms with Crippen LogP contribution in [0.1, 0.15) is 43.1 Å². The molecular weight excluding hydrogens is 198 g/mol. The van der Waals surface area contributed by atoms with Gasteiger partial charge >= 0.3 is 0 Å². The topological polar surface area (TPSA) is 29.1 Å². The summed E-state index contributed by atoms with van der Waals surface area (Å²) in [7, 11) is 0. The SMILES string of the molecule is CCC(C)(C)CNC(=O)c1ccccc1C. The van der Waals surface area contributed by atoms with Gasteiger partial charge in [-0.25, -0.2) is 0 Å². The summed E-state index contributed by atoms with van der Waals surface area (Å²) in [6.45, 7) is 9.13. The monoisotopic (exact) mass is 219 g/mol. The number of amides is 1. The number of rotatable bonds is 4. The van der Waals surface area contributed by atoms with Crippen molar-refractivity contribution in [3.05, 3.63) is 35.4 Å². The average molecular weight is 219 g/mol. The molecule has 0 spiro atoms. The largest absolute Gasteiger partial charge is 0.351 e. The number of nitrogens with one attached hydrogen (secondary N) is 1. The van der Waals surface area contributed by atoms with E-state index in [1.807, 2.05) is 31.2 Å². The standard InChI is InChI=1S/C14H21NO/c1-5-14(3,4)10-15-13(16)12-9-7-6-8-11(12)2/h6-9H,5,10H2,1-4H3,(H,15,16). The summed E-state index contributed by atoms with van der Waals surface area (Å²) in [4.78, 5) is 11.9. The van der Waals surface area contributed by atoms with Crippen LogP contribution in [0.25, 0.3) is 0 Å². The number of carbonyl (C=O) groups excluding carboxylic acids is 1. The Morgan fingerprint density at radius 1 is 1.31 bits per heavy atom. The fourth-order valence-electron chi connectivity index (χ4n) is 1.37. The predicted octanol–water partition coefficient (Wildman–Crippen LogP) is 3.16. The second kappa shape index (κ2) is 5.15. The minimum atomic E-state index is 0.0274. The van der Waals surface area contributed by atoms with Gasteiger partial charge in [0.1, 0.15) is 0 Å². The highest BCUT2D eigenvalue weighted by Crippen LogP contribution is 2.18. The smallest absolute Gasteiger partial charge is 0.251 e. The Bertz CT molecular complexity index is 369. The van der Waals surface area contributed by atoms with Gasteiger partial charge in [0, 0.05) is 12.1 Å². The predicted molar refractivity (Wildman–Crippen MR) is 67.6 cm³/mol. The van der Waals surface area contributed by atoms with Crippen molar-refractivity contribution in [2.24, 2.45) is 5.41 Å². The molecule has 2 nitrogen and oxygen atoms in total. The fraction of sp³-hybridized carbons (Fsp3) is 0.500. The summed E-state index contributed by atoms with van der Waals surface area (Å²) in [6.07, 6.45) is 1.06. The average Bonchev–Trinajstić information content (AvgIpc) is 2.27. The molecule has 0 aliphatic rings. The zero-order chi connectivity index (χ0) is 12.2. The maximum atomic E-state index is 11.9. The van der Waals surface area contributed by atoms with Crippen LogP contribution < -0.4 is 5.32 Å². The van der Waals surface area contributed by atoms with Crippen LogP contribution >= 0.6 is 0 Å². The van der Waals surface area contributed by atoms with E-state index in [2.05, 4.69) is 26.1 Å². The molecule has 0 saturated heterocycles. The zero-order valence-electron chi connectivity index (χ0n) is 10.6. The van der Waals surface area contributed by atoms with Crippen molar-refractivity contribution in [2.45, 2.75) is 34.1 Å². The molecule has 0 aliphatic heterocycles. The Balaban J connectivity index is 2.64. The Morgan fingerprint density at radius 2 is 1.94 bits per heavy atom. The van der Waals surface area contributed by atoms with E-state index in [-0.39, 0.29) is 11.3 Å². The summed E-state index contributed by atoms with van der Waals surface area (Å²) in [5, 5.41) is 2.99. The highest BCUT2D eigenvalue weighted by molar-refractivity contribution is 5.95. The van der Waals surface area contributed by atoms with Crippen molar-refractivity contribution in [1.29, 1.82) is 0 Å². The normalized spacial score (nSPS) is 11.2. The molecule has 0 fully saturated rings. The molecule has 1 aromatic carbocycles. The van der Waals surface area contributed by atoms with Crippen molar-refractivity contribution in [2.75, 3.05) is 6.54 Å². The van der Waals surface area contributed by atoms with Crippen molar-refractivity contribution in [3.8, 4) is 0 Å². The van der Waals surface area contributed by atoms with E-state index in [1.165, 1.54) is 0 Å². The third-order valence-corrected chi connectivity index (χ3v) is 3.07. The molecule has 0 saturated carbocycles. The van der Waals surface area contributed by atoms with Crippen LogP contribution in [0.4, 0.5) is 0 Å². The lowest BCUT2D eigenvalue weighted by Gasteiger charge is -2.23. The Morgan fingerprint density at radius 3 is 2.50 bits per heavy atom. The Kier molecular flexibility index (Phi) is 4.11. The van der Waals surface area contributed by atoms with Gasteiger partial charge < -0.3 is 5.32 Å². The first-order valence-corrected chi connectivity index (χ1v) is 5.80. The van der Waals surface area contributed by atoms with Gasteiger partial charge in [-0.3, -0.25) is 4.79 Å². The molecule has 0 aromatic heterocycles. The highest BCUT2D eigenvalue weighted by Gasteiger charge is 2.17. The van der Waals surface area contributed by atoms with E-state index in [0.29, 0.717) is 0 Å². The molecule has 1 aromatic rings. The lowest BCUT2D eigenvalue weighted by Crippen LogP contribution is -2.33. The minimum absolute atomic E-state index is 0.0274. The van der Waals surface area contributed by atoms with Crippen LogP contribution in [0.15, 0.2) is 24.3 Å². The van der Waals surface area contributed by atoms with Crippen molar-refractivity contribution in [1.82, 2.24) is 5.32 Å². The van der Waals surface area contributed by atoms with Gasteiger partial charge in [0.15, 0.2) is 0 Å². The Labute approximate surface area is 98.1 Å². The van der Waals surface area contributed by atoms with E-state index in [4.69, 9.17) is 0 Å². The van der Waals surface area contributed by atoms with E-state index in [1.54, 1.807) is 0 Å². The fourth-order valence-corrected chi connectivity index (χ4v) is 1.37. The number of carbonyl (C=O) groups is 1. The van der Waals surface area contributed by atoms with E-state index >= 15 is 0 Å². The molecule has 88 valence electrons. The van der Waals surface area contributed by atoms with Gasteiger partial charge in [-0.15, -0.1) is 0 Å². The van der Waals surface area contributed by atoms with Crippen LogP contribution in [-0.4, -0.2) is 12.5 Å². The van der Waals surface area contributed by atoms with Crippen LogP contribution in [0.2, 0.25) is 0 Å². The minimum Gasteiger partial charge on any atom is -0.351 e. The molecule has 0 unspecified atom stereocenters. The summed E-state index contributed by atoms with van der Waals surface area (Å²) in [6, 6.07) is 7.67. The number of benzene rings is 1.